The van der Waals surface area contributed by atoms with E-state index in [0.717, 1.165) is 77.0 Å². The van der Waals surface area contributed by atoms with Gasteiger partial charge in [0.15, 0.2) is 0 Å². The molecule has 1 amide bonds. The Morgan fingerprint density at radius 2 is 0.855 bits per heavy atom. The Morgan fingerprint density at radius 1 is 0.474 bits per heavy atom. The number of quaternary nitrogens is 1. The Labute approximate surface area is 470 Å². The van der Waals surface area contributed by atoms with Gasteiger partial charge < -0.3 is 28.5 Å². The second-order valence-corrected chi connectivity index (χ2v) is 23.9. The largest absolute Gasteiger partial charge is 0.756 e. The SMILES string of the molecule is CC/C=C\C/C=C\C/C=C\C/C=C\C/C=C\CCCC(=O)OC(/C=C/CCCCCCCCCCCC)C(COP(=O)([O-])OCC[N+](C)(C)C)NC(=O)CCCCCCCCCCCCCCCCCCCCCCC. The maximum Gasteiger partial charge on any atom is 0.306 e. The van der Waals surface area contributed by atoms with E-state index >= 15 is 0 Å². The average molecular weight is 1090 g/mol. The third-order valence-electron chi connectivity index (χ3n) is 13.9. The molecule has 0 heterocycles. The third-order valence-corrected chi connectivity index (χ3v) is 14.9. The van der Waals surface area contributed by atoms with Gasteiger partial charge in [0.05, 0.1) is 33.8 Å². The summed E-state index contributed by atoms with van der Waals surface area (Å²) in [7, 11) is 1.16. The zero-order valence-corrected chi connectivity index (χ0v) is 51.3. The third kappa shape index (κ3) is 56.2. The summed E-state index contributed by atoms with van der Waals surface area (Å²) in [6, 6.07) is -0.912. The number of esters is 1. The van der Waals surface area contributed by atoms with Crippen LogP contribution in [0.2, 0.25) is 0 Å². The fourth-order valence-electron chi connectivity index (χ4n) is 9.03. The summed E-state index contributed by atoms with van der Waals surface area (Å²) < 4.78 is 30.3. The highest BCUT2D eigenvalue weighted by atomic mass is 31.2. The van der Waals surface area contributed by atoms with Crippen LogP contribution in [-0.2, 0) is 27.9 Å². The van der Waals surface area contributed by atoms with Crippen molar-refractivity contribution in [2.24, 2.45) is 0 Å². The number of amides is 1. The fraction of sp³-hybridized carbons (Fsp3) is 0.788. The number of rotatable bonds is 57. The summed E-state index contributed by atoms with van der Waals surface area (Å²) in [5.74, 6) is -0.602. The molecule has 0 aliphatic heterocycles. The normalized spacial score (nSPS) is 14.1. The highest BCUT2D eigenvalue weighted by Crippen LogP contribution is 2.38. The first-order chi connectivity index (χ1) is 36.9. The van der Waals surface area contributed by atoms with E-state index in [1.165, 1.54) is 167 Å². The predicted molar refractivity (Wildman–Crippen MR) is 325 cm³/mol. The van der Waals surface area contributed by atoms with Crippen LogP contribution in [0.1, 0.15) is 284 Å². The van der Waals surface area contributed by atoms with Crippen LogP contribution in [0.4, 0.5) is 0 Å². The van der Waals surface area contributed by atoms with Crippen molar-refractivity contribution in [1.29, 1.82) is 0 Å². The first kappa shape index (κ1) is 73.5. The smallest absolute Gasteiger partial charge is 0.306 e. The van der Waals surface area contributed by atoms with Crippen molar-refractivity contribution in [3.63, 3.8) is 0 Å². The van der Waals surface area contributed by atoms with Crippen LogP contribution in [0.25, 0.3) is 0 Å². The zero-order valence-electron chi connectivity index (χ0n) is 50.4. The number of nitrogens with one attached hydrogen (secondary N) is 1. The van der Waals surface area contributed by atoms with Crippen molar-refractivity contribution >= 4 is 19.7 Å². The number of phosphoric acid groups is 1. The van der Waals surface area contributed by atoms with Gasteiger partial charge in [-0.1, -0.05) is 274 Å². The van der Waals surface area contributed by atoms with E-state index in [2.05, 4.69) is 86.8 Å². The molecule has 0 bridgehead atoms. The Bertz CT molecular complexity index is 1530. The van der Waals surface area contributed by atoms with Crippen molar-refractivity contribution in [3.05, 3.63) is 72.9 Å². The summed E-state index contributed by atoms with van der Waals surface area (Å²) in [5, 5.41) is 3.02. The van der Waals surface area contributed by atoms with Crippen LogP contribution in [0.15, 0.2) is 72.9 Å². The molecule has 3 atom stereocenters. The van der Waals surface area contributed by atoms with Gasteiger partial charge in [0, 0.05) is 12.8 Å². The molecule has 10 heteroatoms. The number of allylic oxidation sites excluding steroid dienone is 11. The van der Waals surface area contributed by atoms with Crippen LogP contribution >= 0.6 is 7.82 Å². The van der Waals surface area contributed by atoms with Crippen molar-refractivity contribution in [3.8, 4) is 0 Å². The van der Waals surface area contributed by atoms with Gasteiger partial charge in [0.1, 0.15) is 19.3 Å². The van der Waals surface area contributed by atoms with Crippen molar-refractivity contribution in [1.82, 2.24) is 5.32 Å². The number of unbranched alkanes of at least 4 members (excludes halogenated alkanes) is 31. The Balaban J connectivity index is 5.27. The second kappa shape index (κ2) is 55.8. The minimum atomic E-state index is -4.71. The van der Waals surface area contributed by atoms with Crippen LogP contribution in [0, 0.1) is 0 Å². The van der Waals surface area contributed by atoms with Gasteiger partial charge >= 0.3 is 5.97 Å². The molecule has 76 heavy (non-hydrogen) atoms. The van der Waals surface area contributed by atoms with E-state index in [1.807, 2.05) is 33.3 Å². The molecule has 0 radical (unpaired) electrons. The van der Waals surface area contributed by atoms with E-state index in [9.17, 15) is 19.0 Å². The molecule has 1 N–H and O–H groups in total. The number of carbonyl (C=O) groups excluding carboxylic acids is 2. The monoisotopic (exact) mass is 1080 g/mol. The first-order valence-corrected chi connectivity index (χ1v) is 33.2. The lowest BCUT2D eigenvalue weighted by atomic mass is 10.0. The Kier molecular flexibility index (Phi) is 53.9. The molecule has 0 spiro atoms. The molecule has 0 saturated heterocycles. The van der Waals surface area contributed by atoms with E-state index in [-0.39, 0.29) is 18.9 Å². The molecule has 0 aromatic heterocycles. The molecule has 0 rings (SSSR count). The summed E-state index contributed by atoms with van der Waals surface area (Å²) >= 11 is 0. The highest BCUT2D eigenvalue weighted by molar-refractivity contribution is 7.45. The predicted octanol–water partition coefficient (Wildman–Crippen LogP) is 19.0. The van der Waals surface area contributed by atoms with Crippen LogP contribution in [0.3, 0.4) is 0 Å². The van der Waals surface area contributed by atoms with Crippen molar-refractivity contribution in [2.45, 2.75) is 296 Å². The Morgan fingerprint density at radius 3 is 1.28 bits per heavy atom. The zero-order chi connectivity index (χ0) is 55.7. The van der Waals surface area contributed by atoms with Gasteiger partial charge in [-0.3, -0.25) is 14.2 Å². The van der Waals surface area contributed by atoms with E-state index in [4.69, 9.17) is 13.8 Å². The quantitative estimate of drug-likeness (QED) is 0.0212. The molecule has 442 valence electrons. The van der Waals surface area contributed by atoms with Gasteiger partial charge in [-0.2, -0.15) is 0 Å². The van der Waals surface area contributed by atoms with Crippen LogP contribution in [-0.4, -0.2) is 69.4 Å². The van der Waals surface area contributed by atoms with E-state index in [0.29, 0.717) is 23.9 Å². The molecule has 0 fully saturated rings. The average Bonchev–Trinajstić information content (AvgIpc) is 3.38. The maximum absolute atomic E-state index is 13.5. The molecule has 0 saturated carbocycles. The molecule has 0 aromatic rings. The van der Waals surface area contributed by atoms with E-state index < -0.39 is 32.5 Å². The number of hydrogen-bond donors (Lipinski definition) is 1. The van der Waals surface area contributed by atoms with Crippen molar-refractivity contribution in [2.75, 3.05) is 40.9 Å². The van der Waals surface area contributed by atoms with Crippen molar-refractivity contribution < 1.29 is 37.3 Å². The summed E-state index contributed by atoms with van der Waals surface area (Å²) in [6.07, 6.45) is 71.7. The number of likely N-dealkylation sites (N-methyl/N-ethyl adjacent to an activating group) is 1. The maximum atomic E-state index is 13.5. The lowest BCUT2D eigenvalue weighted by Crippen LogP contribution is -2.47. The molecular formula is C66H121N2O7P. The molecule has 0 aliphatic carbocycles. The molecular weight excluding hydrogens is 964 g/mol. The van der Waals surface area contributed by atoms with Crippen LogP contribution in [0.5, 0.6) is 0 Å². The lowest BCUT2D eigenvalue weighted by molar-refractivity contribution is -0.870. The lowest BCUT2D eigenvalue weighted by Gasteiger charge is -2.30. The van der Waals surface area contributed by atoms with E-state index in [1.54, 1.807) is 0 Å². The molecule has 9 nitrogen and oxygen atoms in total. The first-order valence-electron chi connectivity index (χ1n) is 31.7. The Hall–Kier alpha value is -2.55. The summed E-state index contributed by atoms with van der Waals surface area (Å²) in [4.78, 5) is 40.0. The number of carbonyl (C=O) groups is 2. The van der Waals surface area contributed by atoms with Gasteiger partial charge in [-0.15, -0.1) is 0 Å². The highest BCUT2D eigenvalue weighted by Gasteiger charge is 2.27. The number of nitrogens with zero attached hydrogens (tertiary/aromatic N) is 1. The fourth-order valence-corrected chi connectivity index (χ4v) is 9.75. The van der Waals surface area contributed by atoms with Gasteiger partial charge in [-0.05, 0) is 70.3 Å². The number of ether oxygens (including phenoxy) is 1. The van der Waals surface area contributed by atoms with Crippen LogP contribution < -0.4 is 10.2 Å². The minimum absolute atomic E-state index is 0.0319. The topological polar surface area (TPSA) is 114 Å². The van der Waals surface area contributed by atoms with Gasteiger partial charge in [0.25, 0.3) is 7.82 Å². The molecule has 0 aliphatic rings. The number of hydrogen-bond acceptors (Lipinski definition) is 7. The second-order valence-electron chi connectivity index (χ2n) is 22.5. The minimum Gasteiger partial charge on any atom is -0.756 e. The standard InChI is InChI=1S/C66H121N2O7P/c1-7-10-13-16-19-22-25-28-30-32-33-34-35-37-38-40-43-46-49-52-55-58-65(69)67-63(62-74-76(71,72)73-61-60-68(4,5)6)64(57-54-51-48-45-42-27-24-21-18-15-12-9-3)75-66(70)59-56-53-50-47-44-41-39-36-31-29-26-23-20-17-14-11-8-2/h11,14,20,23,29,31,39,41,47,50,54,57,63-64H,7-10,12-13,15-19,21-22,24-28,30,32-38,40,42-46,48-49,51-53,55-56,58-62H2,1-6H3,(H-,67,69,71,72)/b14-11-,23-20-,31-29-,41-39-,50-47-,57-54+. The summed E-state index contributed by atoms with van der Waals surface area (Å²) in [6.45, 7) is 6.71. The molecule has 0 aromatic carbocycles. The van der Waals surface area contributed by atoms with Gasteiger partial charge in [-0.25, -0.2) is 0 Å². The van der Waals surface area contributed by atoms with Gasteiger partial charge in [0.2, 0.25) is 5.91 Å². The number of phosphoric ester groups is 1. The summed E-state index contributed by atoms with van der Waals surface area (Å²) in [5.41, 5.74) is 0. The molecule has 3 unspecified atom stereocenters.